The average molecular weight is 305 g/mol. The number of benzene rings is 1. The van der Waals surface area contributed by atoms with Gasteiger partial charge in [-0.05, 0) is 36.2 Å². The van der Waals surface area contributed by atoms with Crippen molar-refractivity contribution in [3.05, 3.63) is 78.4 Å². The molecule has 1 aromatic carbocycles. The van der Waals surface area contributed by atoms with Crippen LogP contribution in [0.1, 0.15) is 29.0 Å². The lowest BCUT2D eigenvalue weighted by molar-refractivity contribution is 0.0931. The number of aryl methyl sites for hydroxylation is 1. The predicted octanol–water partition coefficient (Wildman–Crippen LogP) is 3.58. The SMILES string of the molecule is C[C@H](NC(=O)c1cc(-c2ccncc2)cn1C)c1ccccc1. The van der Waals surface area contributed by atoms with Crippen molar-refractivity contribution in [3.63, 3.8) is 0 Å². The first-order valence-corrected chi connectivity index (χ1v) is 7.57. The van der Waals surface area contributed by atoms with Gasteiger partial charge in [0.15, 0.2) is 0 Å². The van der Waals surface area contributed by atoms with Gasteiger partial charge < -0.3 is 9.88 Å². The molecule has 0 saturated heterocycles. The molecule has 23 heavy (non-hydrogen) atoms. The minimum atomic E-state index is -0.0795. The van der Waals surface area contributed by atoms with Gasteiger partial charge in [-0.2, -0.15) is 0 Å². The van der Waals surface area contributed by atoms with Crippen LogP contribution in [0.15, 0.2) is 67.1 Å². The zero-order valence-corrected chi connectivity index (χ0v) is 13.2. The Balaban J connectivity index is 1.79. The van der Waals surface area contributed by atoms with E-state index in [0.717, 1.165) is 16.7 Å². The van der Waals surface area contributed by atoms with Crippen LogP contribution in [-0.4, -0.2) is 15.5 Å². The van der Waals surface area contributed by atoms with Crippen LogP contribution in [0.5, 0.6) is 0 Å². The van der Waals surface area contributed by atoms with Crippen LogP contribution in [0.25, 0.3) is 11.1 Å². The Bertz CT molecular complexity index is 794. The van der Waals surface area contributed by atoms with E-state index in [-0.39, 0.29) is 11.9 Å². The topological polar surface area (TPSA) is 46.9 Å². The Hall–Kier alpha value is -2.88. The summed E-state index contributed by atoms with van der Waals surface area (Å²) < 4.78 is 1.85. The summed E-state index contributed by atoms with van der Waals surface area (Å²) in [6, 6.07) is 15.7. The number of carbonyl (C=O) groups excluding carboxylic acids is 1. The molecule has 4 heteroatoms. The van der Waals surface area contributed by atoms with E-state index in [1.165, 1.54) is 0 Å². The quantitative estimate of drug-likeness (QED) is 0.801. The first-order chi connectivity index (χ1) is 11.1. The summed E-state index contributed by atoms with van der Waals surface area (Å²) >= 11 is 0. The number of carbonyl (C=O) groups is 1. The van der Waals surface area contributed by atoms with Gasteiger partial charge in [-0.3, -0.25) is 9.78 Å². The van der Waals surface area contributed by atoms with E-state index in [0.29, 0.717) is 5.69 Å². The van der Waals surface area contributed by atoms with Crippen LogP contribution in [0.4, 0.5) is 0 Å². The van der Waals surface area contributed by atoms with Crippen LogP contribution in [0, 0.1) is 0 Å². The second-order valence-electron chi connectivity index (χ2n) is 5.57. The van der Waals surface area contributed by atoms with E-state index < -0.39 is 0 Å². The number of amides is 1. The molecular weight excluding hydrogens is 286 g/mol. The van der Waals surface area contributed by atoms with Gasteiger partial charge in [0.2, 0.25) is 0 Å². The first-order valence-electron chi connectivity index (χ1n) is 7.57. The van der Waals surface area contributed by atoms with Crippen molar-refractivity contribution in [1.29, 1.82) is 0 Å². The van der Waals surface area contributed by atoms with Crippen molar-refractivity contribution in [2.24, 2.45) is 7.05 Å². The molecule has 3 aromatic rings. The van der Waals surface area contributed by atoms with Crippen LogP contribution in [-0.2, 0) is 7.05 Å². The summed E-state index contributed by atoms with van der Waals surface area (Å²) in [5, 5.41) is 3.05. The molecule has 4 nitrogen and oxygen atoms in total. The molecule has 0 aliphatic heterocycles. The van der Waals surface area contributed by atoms with Gasteiger partial charge in [-0.1, -0.05) is 30.3 Å². The second-order valence-corrected chi connectivity index (χ2v) is 5.57. The molecular formula is C19H19N3O. The van der Waals surface area contributed by atoms with Gasteiger partial charge in [0.05, 0.1) is 6.04 Å². The lowest BCUT2D eigenvalue weighted by Gasteiger charge is -2.14. The van der Waals surface area contributed by atoms with E-state index in [4.69, 9.17) is 0 Å². The fourth-order valence-electron chi connectivity index (χ4n) is 2.59. The molecule has 0 aliphatic rings. The lowest BCUT2D eigenvalue weighted by Crippen LogP contribution is -2.28. The molecule has 0 aliphatic carbocycles. The Labute approximate surface area is 135 Å². The van der Waals surface area contributed by atoms with E-state index in [2.05, 4.69) is 10.3 Å². The predicted molar refractivity (Wildman–Crippen MR) is 91.0 cm³/mol. The Morgan fingerprint density at radius 3 is 2.48 bits per heavy atom. The highest BCUT2D eigenvalue weighted by atomic mass is 16.2. The van der Waals surface area contributed by atoms with Gasteiger partial charge in [0.25, 0.3) is 5.91 Å². The van der Waals surface area contributed by atoms with E-state index in [9.17, 15) is 4.79 Å². The molecule has 2 aromatic heterocycles. The summed E-state index contributed by atoms with van der Waals surface area (Å²) in [6.07, 6.45) is 5.45. The number of nitrogens with one attached hydrogen (secondary N) is 1. The van der Waals surface area contributed by atoms with Crippen LogP contribution >= 0.6 is 0 Å². The minimum absolute atomic E-state index is 0.0389. The van der Waals surface area contributed by atoms with Crippen LogP contribution in [0.2, 0.25) is 0 Å². The van der Waals surface area contributed by atoms with Crippen molar-refractivity contribution in [2.75, 3.05) is 0 Å². The molecule has 2 heterocycles. The van der Waals surface area contributed by atoms with Gasteiger partial charge in [-0.15, -0.1) is 0 Å². The zero-order valence-electron chi connectivity index (χ0n) is 13.2. The monoisotopic (exact) mass is 305 g/mol. The third-order valence-corrected chi connectivity index (χ3v) is 3.90. The number of pyridine rings is 1. The highest BCUT2D eigenvalue weighted by molar-refractivity contribution is 5.94. The standard InChI is InChI=1S/C19H19N3O/c1-14(15-6-4-3-5-7-15)21-19(23)18-12-17(13-22(18)2)16-8-10-20-11-9-16/h3-14H,1-2H3,(H,21,23)/t14-/m0/s1. The van der Waals surface area contributed by atoms with Crippen molar-refractivity contribution in [1.82, 2.24) is 14.9 Å². The summed E-state index contributed by atoms with van der Waals surface area (Å²) in [4.78, 5) is 16.6. The number of hydrogen-bond donors (Lipinski definition) is 1. The van der Waals surface area contributed by atoms with E-state index >= 15 is 0 Å². The molecule has 116 valence electrons. The second kappa shape index (κ2) is 6.48. The molecule has 0 spiro atoms. The van der Waals surface area contributed by atoms with Crippen LogP contribution < -0.4 is 5.32 Å². The third kappa shape index (κ3) is 3.31. The molecule has 1 atom stereocenters. The van der Waals surface area contributed by atoms with E-state index in [1.807, 2.05) is 73.3 Å². The molecule has 0 radical (unpaired) electrons. The number of nitrogens with zero attached hydrogens (tertiary/aromatic N) is 2. The molecule has 1 N–H and O–H groups in total. The number of aromatic nitrogens is 2. The molecule has 0 bridgehead atoms. The molecule has 3 rings (SSSR count). The van der Waals surface area contributed by atoms with Crippen LogP contribution in [0.3, 0.4) is 0 Å². The number of hydrogen-bond acceptors (Lipinski definition) is 2. The third-order valence-electron chi connectivity index (χ3n) is 3.90. The molecule has 0 fully saturated rings. The van der Waals surface area contributed by atoms with E-state index in [1.54, 1.807) is 12.4 Å². The largest absolute Gasteiger partial charge is 0.346 e. The Morgan fingerprint density at radius 2 is 1.78 bits per heavy atom. The summed E-state index contributed by atoms with van der Waals surface area (Å²) in [7, 11) is 1.88. The van der Waals surface area contributed by atoms with Crippen molar-refractivity contribution >= 4 is 5.91 Å². The summed E-state index contributed by atoms with van der Waals surface area (Å²) in [5.41, 5.74) is 3.78. The van der Waals surface area contributed by atoms with Gasteiger partial charge in [-0.25, -0.2) is 0 Å². The lowest BCUT2D eigenvalue weighted by atomic mass is 10.1. The molecule has 1 amide bonds. The average Bonchev–Trinajstić information content (AvgIpc) is 2.98. The molecule has 0 unspecified atom stereocenters. The van der Waals surface area contributed by atoms with Crippen molar-refractivity contribution < 1.29 is 4.79 Å². The fourth-order valence-corrected chi connectivity index (χ4v) is 2.59. The fraction of sp³-hybridized carbons (Fsp3) is 0.158. The summed E-state index contributed by atoms with van der Waals surface area (Å²) in [6.45, 7) is 1.99. The van der Waals surface area contributed by atoms with Gasteiger partial charge in [0.1, 0.15) is 5.69 Å². The van der Waals surface area contributed by atoms with Crippen molar-refractivity contribution in [2.45, 2.75) is 13.0 Å². The maximum absolute atomic E-state index is 12.5. The minimum Gasteiger partial charge on any atom is -0.346 e. The maximum Gasteiger partial charge on any atom is 0.268 e. The Morgan fingerprint density at radius 1 is 1.09 bits per heavy atom. The summed E-state index contributed by atoms with van der Waals surface area (Å²) in [5.74, 6) is -0.0795. The van der Waals surface area contributed by atoms with Gasteiger partial charge >= 0.3 is 0 Å². The number of rotatable bonds is 4. The normalized spacial score (nSPS) is 11.9. The first kappa shape index (κ1) is 15.0. The molecule has 0 saturated carbocycles. The van der Waals surface area contributed by atoms with Crippen molar-refractivity contribution in [3.8, 4) is 11.1 Å². The Kier molecular flexibility index (Phi) is 4.24. The highest BCUT2D eigenvalue weighted by Crippen LogP contribution is 2.21. The highest BCUT2D eigenvalue weighted by Gasteiger charge is 2.15. The van der Waals surface area contributed by atoms with Gasteiger partial charge in [0, 0.05) is 31.2 Å². The smallest absolute Gasteiger partial charge is 0.268 e. The zero-order chi connectivity index (χ0) is 16.2. The maximum atomic E-state index is 12.5.